The molecule has 2 aliphatic rings. The number of nitrogens with zero attached hydrogens (tertiary/aromatic N) is 2. The Balaban J connectivity index is 1.65. The van der Waals surface area contributed by atoms with Gasteiger partial charge >= 0.3 is 0 Å². The van der Waals surface area contributed by atoms with Crippen LogP contribution in [0.2, 0.25) is 0 Å². The van der Waals surface area contributed by atoms with E-state index in [1.54, 1.807) is 0 Å². The number of benzene rings is 1. The van der Waals surface area contributed by atoms with Crippen LogP contribution in [0.3, 0.4) is 0 Å². The van der Waals surface area contributed by atoms with Crippen molar-refractivity contribution >= 4 is 28.3 Å². The van der Waals surface area contributed by atoms with Crippen molar-refractivity contribution in [2.75, 3.05) is 35.6 Å². The van der Waals surface area contributed by atoms with Crippen molar-refractivity contribution in [3.05, 3.63) is 24.3 Å². The van der Waals surface area contributed by atoms with Gasteiger partial charge in [0.2, 0.25) is 0 Å². The maximum Gasteiger partial charge on any atom is 0.161 e. The monoisotopic (exact) mass is 261 g/mol. The lowest BCUT2D eigenvalue weighted by Crippen LogP contribution is -2.17. The van der Waals surface area contributed by atoms with E-state index in [9.17, 15) is 0 Å². The summed E-state index contributed by atoms with van der Waals surface area (Å²) in [5.41, 5.74) is 2.49. The van der Waals surface area contributed by atoms with Crippen LogP contribution in [0.15, 0.2) is 29.3 Å². The molecule has 0 amide bonds. The largest absolute Gasteiger partial charge is 0.372 e. The molecule has 0 atom stereocenters. The molecule has 0 saturated carbocycles. The van der Waals surface area contributed by atoms with Gasteiger partial charge in [0.05, 0.1) is 0 Å². The first-order valence-electron chi connectivity index (χ1n) is 6.71. The summed E-state index contributed by atoms with van der Waals surface area (Å²) in [5.74, 6) is 1.18. The van der Waals surface area contributed by atoms with Crippen molar-refractivity contribution in [1.29, 1.82) is 0 Å². The summed E-state index contributed by atoms with van der Waals surface area (Å²) in [6.07, 6.45) is 3.85. The van der Waals surface area contributed by atoms with Crippen LogP contribution in [-0.2, 0) is 0 Å². The van der Waals surface area contributed by atoms with Gasteiger partial charge in [-0.2, -0.15) is 0 Å². The number of hydrogen-bond acceptors (Lipinski definition) is 4. The molecule has 1 aromatic rings. The van der Waals surface area contributed by atoms with Crippen LogP contribution >= 0.6 is 11.8 Å². The van der Waals surface area contributed by atoms with Crippen molar-refractivity contribution < 1.29 is 0 Å². The molecule has 2 heterocycles. The van der Waals surface area contributed by atoms with Crippen molar-refractivity contribution in [2.45, 2.75) is 19.3 Å². The quantitative estimate of drug-likeness (QED) is 0.886. The average molecular weight is 261 g/mol. The predicted molar refractivity (Wildman–Crippen MR) is 80.9 cm³/mol. The summed E-state index contributed by atoms with van der Waals surface area (Å²) in [7, 11) is 0. The molecule has 4 heteroatoms. The lowest BCUT2D eigenvalue weighted by atomic mass is 10.2. The molecule has 3 nitrogen and oxygen atoms in total. The third-order valence-corrected chi connectivity index (χ3v) is 4.38. The van der Waals surface area contributed by atoms with Gasteiger partial charge in [-0.1, -0.05) is 11.8 Å². The number of hydrogen-bond donors (Lipinski definition) is 1. The maximum absolute atomic E-state index is 4.48. The van der Waals surface area contributed by atoms with E-state index in [1.807, 2.05) is 11.8 Å². The maximum atomic E-state index is 4.48. The van der Waals surface area contributed by atoms with E-state index in [2.05, 4.69) is 39.5 Å². The summed E-state index contributed by atoms with van der Waals surface area (Å²) in [5, 5.41) is 4.46. The first kappa shape index (κ1) is 11.9. The van der Waals surface area contributed by atoms with Gasteiger partial charge in [-0.3, -0.25) is 4.99 Å². The molecule has 0 radical (unpaired) electrons. The highest BCUT2D eigenvalue weighted by molar-refractivity contribution is 8.14. The number of amidine groups is 1. The minimum atomic E-state index is 0.960. The Morgan fingerprint density at radius 2 is 1.83 bits per heavy atom. The van der Waals surface area contributed by atoms with E-state index in [4.69, 9.17) is 0 Å². The van der Waals surface area contributed by atoms with E-state index < -0.39 is 0 Å². The fraction of sp³-hybridized carbons (Fsp3) is 0.500. The second-order valence-corrected chi connectivity index (χ2v) is 5.84. The third kappa shape index (κ3) is 2.80. The fourth-order valence-corrected chi connectivity index (χ4v) is 3.23. The third-order valence-electron chi connectivity index (χ3n) is 3.39. The summed E-state index contributed by atoms with van der Waals surface area (Å²) >= 11 is 1.82. The second kappa shape index (κ2) is 5.65. The van der Waals surface area contributed by atoms with Gasteiger partial charge < -0.3 is 10.2 Å². The molecule has 1 saturated heterocycles. The molecule has 1 aromatic carbocycles. The Labute approximate surface area is 113 Å². The standard InChI is InChI=1S/C14H19N3S/c1-2-10-17(9-1)13-6-4-12(5-7-13)16-14-15-8-3-11-18-14/h4-7H,1-3,8-11H2,(H,15,16). The number of thioether (sulfide) groups is 1. The highest BCUT2D eigenvalue weighted by atomic mass is 32.2. The molecular formula is C14H19N3S. The summed E-state index contributed by atoms with van der Waals surface area (Å²) in [4.78, 5) is 6.94. The summed E-state index contributed by atoms with van der Waals surface area (Å²) < 4.78 is 0. The van der Waals surface area contributed by atoms with Crippen LogP contribution in [0.1, 0.15) is 19.3 Å². The lowest BCUT2D eigenvalue weighted by Gasteiger charge is -2.18. The normalized spacial score (nSPS) is 19.8. The number of nitrogens with one attached hydrogen (secondary N) is 1. The molecule has 0 bridgehead atoms. The molecule has 0 unspecified atom stereocenters. The van der Waals surface area contributed by atoms with Gasteiger partial charge in [0.15, 0.2) is 5.17 Å². The van der Waals surface area contributed by atoms with E-state index in [-0.39, 0.29) is 0 Å². The highest BCUT2D eigenvalue weighted by Crippen LogP contribution is 2.23. The van der Waals surface area contributed by atoms with E-state index in [0.29, 0.717) is 0 Å². The Morgan fingerprint density at radius 3 is 2.50 bits per heavy atom. The van der Waals surface area contributed by atoms with Crippen LogP contribution in [0, 0.1) is 0 Å². The molecule has 0 spiro atoms. The Kier molecular flexibility index (Phi) is 3.74. The lowest BCUT2D eigenvalue weighted by molar-refractivity contribution is 0.938. The predicted octanol–water partition coefficient (Wildman–Crippen LogP) is 3.19. The summed E-state index contributed by atoms with van der Waals surface area (Å²) in [6, 6.07) is 8.74. The van der Waals surface area contributed by atoms with Gasteiger partial charge in [-0.15, -0.1) is 0 Å². The van der Waals surface area contributed by atoms with Crippen LogP contribution in [0.4, 0.5) is 11.4 Å². The average Bonchev–Trinajstić information content (AvgIpc) is 2.95. The van der Waals surface area contributed by atoms with Gasteiger partial charge in [0, 0.05) is 36.8 Å². The second-order valence-electron chi connectivity index (χ2n) is 4.75. The van der Waals surface area contributed by atoms with Crippen LogP contribution < -0.4 is 10.2 Å². The van der Waals surface area contributed by atoms with Crippen molar-refractivity contribution in [3.8, 4) is 0 Å². The molecule has 0 aliphatic carbocycles. The topological polar surface area (TPSA) is 27.6 Å². The van der Waals surface area contributed by atoms with E-state index >= 15 is 0 Å². The molecule has 1 N–H and O–H groups in total. The molecular weight excluding hydrogens is 242 g/mol. The van der Waals surface area contributed by atoms with Gasteiger partial charge in [-0.05, 0) is 43.5 Å². The summed E-state index contributed by atoms with van der Waals surface area (Å²) in [6.45, 7) is 3.37. The molecule has 2 aliphatic heterocycles. The zero-order valence-electron chi connectivity index (χ0n) is 10.6. The smallest absolute Gasteiger partial charge is 0.161 e. The molecule has 1 fully saturated rings. The zero-order valence-corrected chi connectivity index (χ0v) is 11.4. The number of aliphatic imine (C=N–C) groups is 1. The Bertz CT molecular complexity index is 421. The van der Waals surface area contributed by atoms with Gasteiger partial charge in [0.25, 0.3) is 0 Å². The van der Waals surface area contributed by atoms with Crippen LogP contribution in [0.25, 0.3) is 0 Å². The first-order chi connectivity index (χ1) is 8.92. The fourth-order valence-electron chi connectivity index (χ4n) is 2.39. The van der Waals surface area contributed by atoms with Gasteiger partial charge in [0.1, 0.15) is 0 Å². The number of rotatable bonds is 2. The van der Waals surface area contributed by atoms with Crippen molar-refractivity contribution in [3.63, 3.8) is 0 Å². The number of anilines is 2. The zero-order chi connectivity index (χ0) is 12.2. The highest BCUT2D eigenvalue weighted by Gasteiger charge is 2.12. The van der Waals surface area contributed by atoms with Gasteiger partial charge in [-0.25, -0.2) is 0 Å². The van der Waals surface area contributed by atoms with E-state index in [0.717, 1.165) is 17.4 Å². The van der Waals surface area contributed by atoms with Crippen LogP contribution in [-0.4, -0.2) is 30.6 Å². The van der Waals surface area contributed by atoms with E-state index in [1.165, 1.54) is 43.8 Å². The molecule has 96 valence electrons. The molecule has 3 rings (SSSR count). The van der Waals surface area contributed by atoms with Crippen molar-refractivity contribution in [2.24, 2.45) is 4.99 Å². The Morgan fingerprint density at radius 1 is 1.06 bits per heavy atom. The van der Waals surface area contributed by atoms with Crippen molar-refractivity contribution in [1.82, 2.24) is 0 Å². The van der Waals surface area contributed by atoms with Crippen LogP contribution in [0.5, 0.6) is 0 Å². The molecule has 18 heavy (non-hydrogen) atoms. The minimum absolute atomic E-state index is 0.960. The Hall–Kier alpha value is -1.16. The SMILES string of the molecule is c1cc(N2CCCC2)ccc1NC1=NCCCS1. The minimum Gasteiger partial charge on any atom is -0.372 e. The first-order valence-corrected chi connectivity index (χ1v) is 7.70. The molecule has 0 aromatic heterocycles.